The molecule has 1 aromatic rings. The second-order valence-corrected chi connectivity index (χ2v) is 8.33. The Balaban J connectivity index is 1.72. The van der Waals surface area contributed by atoms with E-state index in [1.165, 1.54) is 48.8 Å². The summed E-state index contributed by atoms with van der Waals surface area (Å²) in [6, 6.07) is 2.13. The van der Waals surface area contributed by atoms with Crippen LogP contribution in [0.25, 0.3) is 6.08 Å². The first kappa shape index (κ1) is 16.8. The summed E-state index contributed by atoms with van der Waals surface area (Å²) in [4.78, 5) is 15.2. The van der Waals surface area contributed by atoms with Gasteiger partial charge < -0.3 is 4.57 Å². The van der Waals surface area contributed by atoms with Gasteiger partial charge in [-0.3, -0.25) is 9.69 Å². The molecule has 0 atom stereocenters. The lowest BCUT2D eigenvalue weighted by Crippen LogP contribution is -2.30. The predicted octanol–water partition coefficient (Wildman–Crippen LogP) is 4.42. The van der Waals surface area contributed by atoms with Gasteiger partial charge in [0.15, 0.2) is 0 Å². The lowest BCUT2D eigenvalue weighted by molar-refractivity contribution is -0.122. The number of amides is 1. The standard InChI is InChI=1S/C18H24N2OS2/c1-12-10-15(13(2)19(12)3)11-16-17(21)20(18(22)23-16)9-8-14-6-4-5-7-14/h10-11,14H,4-9H2,1-3H3/b16-11-. The number of carbonyl (C=O) groups is 1. The van der Waals surface area contributed by atoms with Crippen LogP contribution in [0.4, 0.5) is 0 Å². The molecule has 5 heteroatoms. The van der Waals surface area contributed by atoms with Crippen LogP contribution in [-0.2, 0) is 11.8 Å². The highest BCUT2D eigenvalue weighted by Gasteiger charge is 2.32. The number of nitrogens with zero attached hydrogens (tertiary/aromatic N) is 2. The van der Waals surface area contributed by atoms with Gasteiger partial charge >= 0.3 is 0 Å². The van der Waals surface area contributed by atoms with Gasteiger partial charge in [-0.1, -0.05) is 49.7 Å². The summed E-state index contributed by atoms with van der Waals surface area (Å²) in [5.41, 5.74) is 3.49. The molecule has 124 valence electrons. The second-order valence-electron chi connectivity index (χ2n) is 6.66. The molecule has 1 aliphatic carbocycles. The highest BCUT2D eigenvalue weighted by molar-refractivity contribution is 8.26. The number of aromatic nitrogens is 1. The Kier molecular flexibility index (Phi) is 4.97. The molecule has 0 unspecified atom stereocenters. The third-order valence-corrected chi connectivity index (χ3v) is 6.59. The summed E-state index contributed by atoms with van der Waals surface area (Å²) in [6.45, 7) is 4.94. The van der Waals surface area contributed by atoms with Crippen molar-refractivity contribution in [3.8, 4) is 0 Å². The van der Waals surface area contributed by atoms with Crippen molar-refractivity contribution in [3.63, 3.8) is 0 Å². The minimum Gasteiger partial charge on any atom is -0.352 e. The number of carbonyl (C=O) groups excluding carboxylic acids is 1. The van der Waals surface area contributed by atoms with Crippen molar-refractivity contribution in [1.29, 1.82) is 0 Å². The van der Waals surface area contributed by atoms with Crippen LogP contribution in [0, 0.1) is 19.8 Å². The number of aryl methyl sites for hydroxylation is 1. The van der Waals surface area contributed by atoms with Crippen LogP contribution in [0.2, 0.25) is 0 Å². The van der Waals surface area contributed by atoms with Gasteiger partial charge in [0, 0.05) is 25.0 Å². The minimum absolute atomic E-state index is 0.0823. The van der Waals surface area contributed by atoms with E-state index in [1.807, 2.05) is 6.08 Å². The van der Waals surface area contributed by atoms with E-state index in [0.717, 1.165) is 29.4 Å². The fraction of sp³-hybridized carbons (Fsp3) is 0.556. The van der Waals surface area contributed by atoms with E-state index in [-0.39, 0.29) is 5.91 Å². The van der Waals surface area contributed by atoms with Crippen LogP contribution >= 0.6 is 24.0 Å². The number of thiocarbonyl (C=S) groups is 1. The smallest absolute Gasteiger partial charge is 0.266 e. The van der Waals surface area contributed by atoms with Crippen molar-refractivity contribution in [3.05, 3.63) is 27.9 Å². The summed E-state index contributed by atoms with van der Waals surface area (Å²) in [7, 11) is 2.05. The Labute approximate surface area is 148 Å². The van der Waals surface area contributed by atoms with Crippen molar-refractivity contribution in [2.24, 2.45) is 13.0 Å². The summed E-state index contributed by atoms with van der Waals surface area (Å²) in [6.07, 6.45) is 8.39. The van der Waals surface area contributed by atoms with Crippen LogP contribution in [-0.4, -0.2) is 26.2 Å². The van der Waals surface area contributed by atoms with E-state index in [2.05, 4.69) is 31.5 Å². The molecule has 0 spiro atoms. The summed E-state index contributed by atoms with van der Waals surface area (Å²) < 4.78 is 2.86. The normalized spacial score (nSPS) is 21.2. The van der Waals surface area contributed by atoms with E-state index in [1.54, 1.807) is 4.90 Å². The van der Waals surface area contributed by atoms with E-state index < -0.39 is 0 Å². The zero-order chi connectivity index (χ0) is 16.6. The second kappa shape index (κ2) is 6.81. The van der Waals surface area contributed by atoms with Crippen molar-refractivity contribution < 1.29 is 4.79 Å². The van der Waals surface area contributed by atoms with E-state index >= 15 is 0 Å². The van der Waals surface area contributed by atoms with Crippen molar-refractivity contribution in [1.82, 2.24) is 9.47 Å². The molecule has 0 radical (unpaired) electrons. The molecule has 0 N–H and O–H groups in total. The first-order valence-electron chi connectivity index (χ1n) is 8.35. The lowest BCUT2D eigenvalue weighted by Gasteiger charge is -2.17. The van der Waals surface area contributed by atoms with Crippen LogP contribution in [0.5, 0.6) is 0 Å². The molecule has 2 fully saturated rings. The highest BCUT2D eigenvalue weighted by atomic mass is 32.2. The fourth-order valence-electron chi connectivity index (χ4n) is 3.48. The van der Waals surface area contributed by atoms with Crippen LogP contribution in [0.15, 0.2) is 11.0 Å². The number of hydrogen-bond donors (Lipinski definition) is 0. The Bertz CT molecular complexity index is 669. The van der Waals surface area contributed by atoms with Gasteiger partial charge in [-0.15, -0.1) is 0 Å². The van der Waals surface area contributed by atoms with E-state index in [9.17, 15) is 4.79 Å². The molecule has 2 aliphatic rings. The molecule has 1 aliphatic heterocycles. The van der Waals surface area contributed by atoms with Gasteiger partial charge in [-0.05, 0) is 43.9 Å². The third-order valence-electron chi connectivity index (χ3n) is 5.21. The van der Waals surface area contributed by atoms with Crippen molar-refractivity contribution >= 4 is 40.3 Å². The Morgan fingerprint density at radius 1 is 1.35 bits per heavy atom. The maximum Gasteiger partial charge on any atom is 0.266 e. The number of hydrogen-bond acceptors (Lipinski definition) is 3. The molecule has 0 aromatic carbocycles. The largest absolute Gasteiger partial charge is 0.352 e. The molecule has 1 aromatic heterocycles. The van der Waals surface area contributed by atoms with Gasteiger partial charge in [0.25, 0.3) is 5.91 Å². The SMILES string of the molecule is Cc1cc(/C=C2\SC(=S)N(CCC3CCCC3)C2=O)c(C)n1C. The van der Waals surface area contributed by atoms with Gasteiger partial charge in [-0.25, -0.2) is 0 Å². The van der Waals surface area contributed by atoms with Gasteiger partial charge in [0.1, 0.15) is 4.32 Å². The number of thioether (sulfide) groups is 1. The number of rotatable bonds is 4. The Morgan fingerprint density at radius 3 is 2.65 bits per heavy atom. The zero-order valence-electron chi connectivity index (χ0n) is 14.1. The summed E-state index contributed by atoms with van der Waals surface area (Å²) >= 11 is 6.88. The summed E-state index contributed by atoms with van der Waals surface area (Å²) in [5, 5.41) is 0. The first-order valence-corrected chi connectivity index (χ1v) is 9.58. The minimum atomic E-state index is 0.0823. The molecular weight excluding hydrogens is 324 g/mol. The molecule has 1 saturated heterocycles. The monoisotopic (exact) mass is 348 g/mol. The van der Waals surface area contributed by atoms with Gasteiger partial charge in [0.05, 0.1) is 4.91 Å². The Hall–Kier alpha value is -1.07. The van der Waals surface area contributed by atoms with Crippen LogP contribution in [0.1, 0.15) is 49.1 Å². The average molecular weight is 349 g/mol. The molecule has 1 amide bonds. The van der Waals surface area contributed by atoms with E-state index in [0.29, 0.717) is 4.32 Å². The molecule has 0 bridgehead atoms. The highest BCUT2D eigenvalue weighted by Crippen LogP contribution is 2.35. The van der Waals surface area contributed by atoms with Gasteiger partial charge in [0.2, 0.25) is 0 Å². The van der Waals surface area contributed by atoms with Gasteiger partial charge in [-0.2, -0.15) is 0 Å². The average Bonchev–Trinajstić information content (AvgIpc) is 3.18. The molecular formula is C18H24N2OS2. The Morgan fingerprint density at radius 2 is 2.04 bits per heavy atom. The van der Waals surface area contributed by atoms with Crippen LogP contribution < -0.4 is 0 Å². The molecule has 2 heterocycles. The van der Waals surface area contributed by atoms with Crippen LogP contribution in [0.3, 0.4) is 0 Å². The predicted molar refractivity (Wildman–Crippen MR) is 101 cm³/mol. The quantitative estimate of drug-likeness (QED) is 0.595. The zero-order valence-corrected chi connectivity index (χ0v) is 15.7. The molecule has 3 nitrogen and oxygen atoms in total. The van der Waals surface area contributed by atoms with Crippen molar-refractivity contribution in [2.45, 2.75) is 46.0 Å². The fourth-order valence-corrected chi connectivity index (χ4v) is 4.77. The molecule has 1 saturated carbocycles. The lowest BCUT2D eigenvalue weighted by atomic mass is 10.0. The first-order chi connectivity index (χ1) is 11.0. The topological polar surface area (TPSA) is 25.2 Å². The summed E-state index contributed by atoms with van der Waals surface area (Å²) in [5.74, 6) is 0.863. The maximum atomic E-state index is 12.7. The maximum absolute atomic E-state index is 12.7. The third kappa shape index (κ3) is 3.41. The molecule has 23 heavy (non-hydrogen) atoms. The van der Waals surface area contributed by atoms with E-state index in [4.69, 9.17) is 12.2 Å². The van der Waals surface area contributed by atoms with Crippen molar-refractivity contribution in [2.75, 3.05) is 6.54 Å². The molecule has 3 rings (SSSR count).